The molecule has 0 saturated carbocycles. The molecule has 1 heterocycles. The molecule has 0 N–H and O–H groups in total. The molecule has 98 valence electrons. The summed E-state index contributed by atoms with van der Waals surface area (Å²) >= 11 is 0. The Morgan fingerprint density at radius 1 is 1.26 bits per heavy atom. The van der Waals surface area contributed by atoms with Crippen LogP contribution >= 0.6 is 0 Å². The Balaban J connectivity index is 2.44. The number of amides is 2. The maximum Gasteiger partial charge on any atom is 0.261 e. The zero-order valence-electron chi connectivity index (χ0n) is 10.5. The number of fused-ring (bicyclic) bond motifs is 1. The zero-order chi connectivity index (χ0) is 14.0. The Bertz CT molecular complexity index is 577. The second kappa shape index (κ2) is 4.97. The molecule has 0 atom stereocenters. The third kappa shape index (κ3) is 2.22. The lowest BCUT2D eigenvalue weighted by molar-refractivity contribution is -0.122. The van der Waals surface area contributed by atoms with Crippen molar-refractivity contribution in [2.45, 2.75) is 0 Å². The lowest BCUT2D eigenvalue weighted by Gasteiger charge is -2.15. The molecule has 0 aromatic heterocycles. The summed E-state index contributed by atoms with van der Waals surface area (Å²) in [5.41, 5.74) is 0.912. The predicted molar refractivity (Wildman–Crippen MR) is 70.0 cm³/mol. The Morgan fingerprint density at radius 3 is 2.47 bits per heavy atom. The number of ether oxygens (including phenoxy) is 2. The van der Waals surface area contributed by atoms with Gasteiger partial charge in [0.1, 0.15) is 0 Å². The van der Waals surface area contributed by atoms with Crippen molar-refractivity contribution < 1.29 is 19.1 Å². The van der Waals surface area contributed by atoms with E-state index in [0.29, 0.717) is 22.6 Å². The first-order valence-electron chi connectivity index (χ1n) is 5.59. The van der Waals surface area contributed by atoms with Crippen molar-refractivity contribution in [2.24, 2.45) is 0 Å². The molecule has 1 aromatic carbocycles. The predicted octanol–water partition coefficient (Wildman–Crippen LogP) is 1.84. The van der Waals surface area contributed by atoms with Crippen molar-refractivity contribution >= 4 is 17.9 Å². The first-order valence-corrected chi connectivity index (χ1v) is 5.59. The smallest absolute Gasteiger partial charge is 0.261 e. The monoisotopic (exact) mass is 259 g/mol. The number of hydrogen-bond donors (Lipinski definition) is 0. The molecule has 1 aliphatic heterocycles. The van der Waals surface area contributed by atoms with Gasteiger partial charge in [-0.3, -0.25) is 14.5 Å². The van der Waals surface area contributed by atoms with E-state index in [2.05, 4.69) is 13.2 Å². The highest BCUT2D eigenvalue weighted by Gasteiger charge is 2.23. The van der Waals surface area contributed by atoms with E-state index in [1.165, 1.54) is 13.1 Å². The number of rotatable bonds is 3. The molecule has 0 bridgehead atoms. The summed E-state index contributed by atoms with van der Waals surface area (Å²) in [5, 5.41) is 0. The van der Waals surface area contributed by atoms with Crippen molar-refractivity contribution in [3.05, 3.63) is 42.5 Å². The van der Waals surface area contributed by atoms with Crippen LogP contribution in [-0.4, -0.2) is 30.6 Å². The van der Waals surface area contributed by atoms with Gasteiger partial charge in [-0.05, 0) is 23.8 Å². The normalized spacial score (nSPS) is 11.8. The van der Waals surface area contributed by atoms with Crippen LogP contribution in [-0.2, 0) is 4.79 Å². The van der Waals surface area contributed by atoms with Crippen LogP contribution in [0, 0.1) is 0 Å². The van der Waals surface area contributed by atoms with Crippen LogP contribution in [0.1, 0.15) is 15.9 Å². The average molecular weight is 259 g/mol. The Kier molecular flexibility index (Phi) is 3.37. The highest BCUT2D eigenvalue weighted by Crippen LogP contribution is 2.35. The molecule has 0 radical (unpaired) electrons. The highest BCUT2D eigenvalue weighted by molar-refractivity contribution is 6.09. The van der Waals surface area contributed by atoms with Gasteiger partial charge >= 0.3 is 0 Å². The van der Waals surface area contributed by atoms with E-state index >= 15 is 0 Å². The molecule has 19 heavy (non-hydrogen) atoms. The van der Waals surface area contributed by atoms with Crippen molar-refractivity contribution in [1.82, 2.24) is 4.90 Å². The second-order valence-corrected chi connectivity index (χ2v) is 3.90. The van der Waals surface area contributed by atoms with E-state index in [9.17, 15) is 9.59 Å². The number of carbonyl (C=O) groups is 2. The van der Waals surface area contributed by atoms with Crippen molar-refractivity contribution in [2.75, 3.05) is 13.8 Å². The average Bonchev–Trinajstić information content (AvgIpc) is 2.90. The van der Waals surface area contributed by atoms with Crippen LogP contribution in [0.3, 0.4) is 0 Å². The van der Waals surface area contributed by atoms with Crippen molar-refractivity contribution in [3.8, 4) is 11.5 Å². The van der Waals surface area contributed by atoms with Gasteiger partial charge in [-0.25, -0.2) is 0 Å². The molecule has 1 aromatic rings. The minimum absolute atomic E-state index is 0.116. The third-order valence-electron chi connectivity index (χ3n) is 2.80. The van der Waals surface area contributed by atoms with Gasteiger partial charge in [0, 0.05) is 7.05 Å². The van der Waals surface area contributed by atoms with Crippen LogP contribution in [0.15, 0.2) is 31.4 Å². The molecule has 2 rings (SSSR count). The Morgan fingerprint density at radius 2 is 1.89 bits per heavy atom. The molecule has 5 heteroatoms. The number of likely N-dealkylation sites (N-methyl/N-ethyl adjacent to an activating group) is 1. The quantitative estimate of drug-likeness (QED) is 0.777. The van der Waals surface area contributed by atoms with E-state index in [0.717, 1.165) is 11.0 Å². The van der Waals surface area contributed by atoms with Crippen LogP contribution in [0.2, 0.25) is 0 Å². The van der Waals surface area contributed by atoms with Gasteiger partial charge in [-0.2, -0.15) is 0 Å². The number of benzene rings is 1. The summed E-state index contributed by atoms with van der Waals surface area (Å²) < 4.78 is 10.4. The molecule has 0 fully saturated rings. The van der Waals surface area contributed by atoms with E-state index in [1.54, 1.807) is 12.1 Å². The van der Waals surface area contributed by atoms with E-state index in [-0.39, 0.29) is 6.79 Å². The van der Waals surface area contributed by atoms with Crippen LogP contribution < -0.4 is 9.47 Å². The molecule has 2 amide bonds. The molecule has 5 nitrogen and oxygen atoms in total. The maximum atomic E-state index is 12.2. The fraction of sp³-hybridized carbons (Fsp3) is 0.143. The summed E-state index contributed by atoms with van der Waals surface area (Å²) in [6.45, 7) is 7.12. The minimum Gasteiger partial charge on any atom is -0.454 e. The lowest BCUT2D eigenvalue weighted by Crippen LogP contribution is -2.32. The minimum atomic E-state index is -0.474. The van der Waals surface area contributed by atoms with E-state index in [4.69, 9.17) is 9.47 Å². The van der Waals surface area contributed by atoms with Gasteiger partial charge in [0.2, 0.25) is 6.79 Å². The topological polar surface area (TPSA) is 55.8 Å². The molecular weight excluding hydrogens is 246 g/mol. The number of hydrogen-bond acceptors (Lipinski definition) is 4. The molecule has 1 aliphatic rings. The lowest BCUT2D eigenvalue weighted by atomic mass is 10.0. The maximum absolute atomic E-state index is 12.2. The van der Waals surface area contributed by atoms with Gasteiger partial charge in [-0.15, -0.1) is 0 Å². The number of imide groups is 1. The first-order chi connectivity index (χ1) is 9.08. The number of nitrogens with zero attached hydrogens (tertiary/aromatic N) is 1. The Hall–Kier alpha value is -2.56. The van der Waals surface area contributed by atoms with Crippen molar-refractivity contribution in [3.63, 3.8) is 0 Å². The SMILES string of the molecule is C=CC(=O)N(C)C(=O)c1cc2c(cc1C=C)OCO2. The van der Waals surface area contributed by atoms with E-state index in [1.807, 2.05) is 0 Å². The molecule has 0 aliphatic carbocycles. The zero-order valence-corrected chi connectivity index (χ0v) is 10.5. The summed E-state index contributed by atoms with van der Waals surface area (Å²) in [6.07, 6.45) is 2.61. The van der Waals surface area contributed by atoms with Gasteiger partial charge < -0.3 is 9.47 Å². The first kappa shape index (κ1) is 12.9. The number of carbonyl (C=O) groups excluding carboxylic acids is 2. The van der Waals surface area contributed by atoms with Crippen LogP contribution in [0.4, 0.5) is 0 Å². The molecular formula is C14H13NO4. The summed E-state index contributed by atoms with van der Waals surface area (Å²) in [5.74, 6) is 0.119. The molecule has 0 spiro atoms. The van der Waals surface area contributed by atoms with Gasteiger partial charge in [0.15, 0.2) is 11.5 Å². The summed E-state index contributed by atoms with van der Waals surface area (Å²) in [7, 11) is 1.39. The summed E-state index contributed by atoms with van der Waals surface area (Å²) in [4.78, 5) is 24.7. The van der Waals surface area contributed by atoms with Crippen LogP contribution in [0.5, 0.6) is 11.5 Å². The summed E-state index contributed by atoms with van der Waals surface area (Å²) in [6, 6.07) is 3.21. The van der Waals surface area contributed by atoms with Crippen LogP contribution in [0.25, 0.3) is 6.08 Å². The van der Waals surface area contributed by atoms with E-state index < -0.39 is 11.8 Å². The van der Waals surface area contributed by atoms with Gasteiger partial charge in [-0.1, -0.05) is 19.2 Å². The third-order valence-corrected chi connectivity index (χ3v) is 2.80. The standard InChI is InChI=1S/C14H13NO4/c1-4-9-6-11-12(19-8-18-11)7-10(9)14(17)15(3)13(16)5-2/h4-7H,1-2,8H2,3H3. The second-order valence-electron chi connectivity index (χ2n) is 3.90. The fourth-order valence-corrected chi connectivity index (χ4v) is 1.73. The highest BCUT2D eigenvalue weighted by atomic mass is 16.7. The van der Waals surface area contributed by atoms with Crippen molar-refractivity contribution in [1.29, 1.82) is 0 Å². The molecule has 0 unspecified atom stereocenters. The Labute approximate surface area is 110 Å². The molecule has 0 saturated heterocycles. The largest absolute Gasteiger partial charge is 0.454 e. The van der Waals surface area contributed by atoms with Gasteiger partial charge in [0.05, 0.1) is 5.56 Å². The van der Waals surface area contributed by atoms with Gasteiger partial charge in [0.25, 0.3) is 11.8 Å². The fourth-order valence-electron chi connectivity index (χ4n) is 1.73.